The van der Waals surface area contributed by atoms with Gasteiger partial charge in [-0.1, -0.05) is 12.1 Å². The van der Waals surface area contributed by atoms with Gasteiger partial charge in [0.15, 0.2) is 11.6 Å². The number of carbonyl (C=O) groups excluding carboxylic acids is 1. The Kier molecular flexibility index (Phi) is 3.88. The Morgan fingerprint density at radius 2 is 2.00 bits per heavy atom. The van der Waals surface area contributed by atoms with Gasteiger partial charge in [-0.15, -0.1) is 0 Å². The van der Waals surface area contributed by atoms with E-state index in [0.29, 0.717) is 0 Å². The lowest BCUT2D eigenvalue weighted by Crippen LogP contribution is -2.32. The zero-order chi connectivity index (χ0) is 12.2. The van der Waals surface area contributed by atoms with Gasteiger partial charge in [0, 0.05) is 0 Å². The molecular formula is C12H15FO3. The van der Waals surface area contributed by atoms with E-state index < -0.39 is 11.2 Å². The molecule has 1 aromatic rings. The average molecular weight is 226 g/mol. The Hall–Kier alpha value is -1.58. The first-order valence-electron chi connectivity index (χ1n) is 4.93. The molecule has 0 radical (unpaired) electrons. The number of para-hydroxylation sites is 1. The highest BCUT2D eigenvalue weighted by molar-refractivity contribution is 5.75. The molecule has 0 saturated carbocycles. The summed E-state index contributed by atoms with van der Waals surface area (Å²) in [6, 6.07) is 6.07. The van der Waals surface area contributed by atoms with E-state index in [1.807, 2.05) is 0 Å². The summed E-state index contributed by atoms with van der Waals surface area (Å²) in [5.41, 5.74) is -0.795. The summed E-state index contributed by atoms with van der Waals surface area (Å²) in [7, 11) is 1.31. The molecule has 88 valence electrons. The molecule has 0 bridgehead atoms. The van der Waals surface area contributed by atoms with E-state index in [4.69, 9.17) is 4.74 Å². The van der Waals surface area contributed by atoms with E-state index in [0.717, 1.165) is 0 Å². The van der Waals surface area contributed by atoms with Crippen LogP contribution in [0.4, 0.5) is 4.39 Å². The Bertz CT molecular complexity index is 374. The summed E-state index contributed by atoms with van der Waals surface area (Å²) in [6.07, 6.45) is 0. The second-order valence-corrected chi connectivity index (χ2v) is 4.09. The van der Waals surface area contributed by atoms with Gasteiger partial charge in [-0.25, -0.2) is 4.39 Å². The molecular weight excluding hydrogens is 211 g/mol. The SMILES string of the molecule is COC(=O)C(C)(C)COc1ccccc1F. The predicted octanol–water partition coefficient (Wildman–Crippen LogP) is 2.40. The zero-order valence-corrected chi connectivity index (χ0v) is 9.62. The maximum absolute atomic E-state index is 13.2. The van der Waals surface area contributed by atoms with E-state index >= 15 is 0 Å². The fraction of sp³-hybridized carbons (Fsp3) is 0.417. The Balaban J connectivity index is 2.65. The van der Waals surface area contributed by atoms with Crippen LogP contribution in [-0.2, 0) is 9.53 Å². The minimum absolute atomic E-state index is 0.0700. The fourth-order valence-corrected chi connectivity index (χ4v) is 1.16. The molecule has 0 spiro atoms. The van der Waals surface area contributed by atoms with Gasteiger partial charge in [-0.3, -0.25) is 4.79 Å². The van der Waals surface area contributed by atoms with Crippen LogP contribution >= 0.6 is 0 Å². The number of rotatable bonds is 4. The third-order valence-corrected chi connectivity index (χ3v) is 2.16. The minimum atomic E-state index is -0.795. The van der Waals surface area contributed by atoms with Crippen molar-refractivity contribution in [2.75, 3.05) is 13.7 Å². The maximum Gasteiger partial charge on any atom is 0.314 e. The normalized spacial score (nSPS) is 11.0. The van der Waals surface area contributed by atoms with Crippen LogP contribution in [0.2, 0.25) is 0 Å². The number of hydrogen-bond acceptors (Lipinski definition) is 3. The van der Waals surface area contributed by atoms with Crippen molar-refractivity contribution in [3.8, 4) is 5.75 Å². The van der Waals surface area contributed by atoms with E-state index in [2.05, 4.69) is 4.74 Å². The molecule has 0 aliphatic rings. The highest BCUT2D eigenvalue weighted by Crippen LogP contribution is 2.21. The van der Waals surface area contributed by atoms with Crippen molar-refractivity contribution in [2.45, 2.75) is 13.8 Å². The van der Waals surface area contributed by atoms with Gasteiger partial charge in [0.2, 0.25) is 0 Å². The topological polar surface area (TPSA) is 35.5 Å². The summed E-state index contributed by atoms with van der Waals surface area (Å²) in [4.78, 5) is 11.3. The predicted molar refractivity (Wildman–Crippen MR) is 57.7 cm³/mol. The molecule has 0 aliphatic carbocycles. The third-order valence-electron chi connectivity index (χ3n) is 2.16. The third kappa shape index (κ3) is 2.95. The van der Waals surface area contributed by atoms with Crippen LogP contribution in [-0.4, -0.2) is 19.7 Å². The second kappa shape index (κ2) is 4.96. The minimum Gasteiger partial charge on any atom is -0.489 e. The summed E-state index contributed by atoms with van der Waals surface area (Å²) in [5, 5.41) is 0. The lowest BCUT2D eigenvalue weighted by atomic mass is 9.95. The smallest absolute Gasteiger partial charge is 0.314 e. The lowest BCUT2D eigenvalue weighted by molar-refractivity contribution is -0.152. The van der Waals surface area contributed by atoms with Crippen molar-refractivity contribution in [1.29, 1.82) is 0 Å². The largest absolute Gasteiger partial charge is 0.489 e. The molecule has 0 atom stereocenters. The average Bonchev–Trinajstić information content (AvgIpc) is 2.27. The van der Waals surface area contributed by atoms with Crippen LogP contribution in [0.5, 0.6) is 5.75 Å². The van der Waals surface area contributed by atoms with Gasteiger partial charge >= 0.3 is 5.97 Å². The quantitative estimate of drug-likeness (QED) is 0.739. The highest BCUT2D eigenvalue weighted by atomic mass is 19.1. The van der Waals surface area contributed by atoms with Crippen LogP contribution in [0.1, 0.15) is 13.8 Å². The number of carbonyl (C=O) groups is 1. The first-order valence-corrected chi connectivity index (χ1v) is 4.93. The van der Waals surface area contributed by atoms with Gasteiger partial charge in [-0.05, 0) is 26.0 Å². The van der Waals surface area contributed by atoms with Crippen molar-refractivity contribution < 1.29 is 18.7 Å². The number of halogens is 1. The molecule has 1 aromatic carbocycles. The lowest BCUT2D eigenvalue weighted by Gasteiger charge is -2.21. The van der Waals surface area contributed by atoms with Crippen LogP contribution < -0.4 is 4.74 Å². The van der Waals surface area contributed by atoms with E-state index in [1.54, 1.807) is 26.0 Å². The van der Waals surface area contributed by atoms with Crippen molar-refractivity contribution >= 4 is 5.97 Å². The molecule has 3 nitrogen and oxygen atoms in total. The van der Waals surface area contributed by atoms with Gasteiger partial charge in [-0.2, -0.15) is 0 Å². The first kappa shape index (κ1) is 12.5. The zero-order valence-electron chi connectivity index (χ0n) is 9.62. The Morgan fingerprint density at radius 1 is 1.38 bits per heavy atom. The van der Waals surface area contributed by atoms with Crippen LogP contribution in [0.3, 0.4) is 0 Å². The Labute approximate surface area is 94.2 Å². The molecule has 16 heavy (non-hydrogen) atoms. The molecule has 0 fully saturated rings. The van der Waals surface area contributed by atoms with Crippen molar-refractivity contribution in [3.05, 3.63) is 30.1 Å². The molecule has 0 saturated heterocycles. The van der Waals surface area contributed by atoms with Crippen molar-refractivity contribution in [2.24, 2.45) is 5.41 Å². The van der Waals surface area contributed by atoms with E-state index in [9.17, 15) is 9.18 Å². The van der Waals surface area contributed by atoms with Gasteiger partial charge in [0.05, 0.1) is 12.5 Å². The molecule has 0 unspecified atom stereocenters. The molecule has 0 amide bonds. The summed E-state index contributed by atoms with van der Waals surface area (Å²) < 4.78 is 23.1. The molecule has 0 aromatic heterocycles. The van der Waals surface area contributed by atoms with Crippen LogP contribution in [0, 0.1) is 11.2 Å². The first-order chi connectivity index (χ1) is 7.47. The number of methoxy groups -OCH3 is 1. The van der Waals surface area contributed by atoms with Gasteiger partial charge in [0.1, 0.15) is 6.61 Å². The summed E-state index contributed by atoms with van der Waals surface area (Å²) in [6.45, 7) is 3.43. The fourth-order valence-electron chi connectivity index (χ4n) is 1.16. The monoisotopic (exact) mass is 226 g/mol. The molecule has 0 aliphatic heterocycles. The van der Waals surface area contributed by atoms with Crippen molar-refractivity contribution in [1.82, 2.24) is 0 Å². The number of benzene rings is 1. The van der Waals surface area contributed by atoms with E-state index in [1.165, 1.54) is 19.2 Å². The standard InChI is InChI=1S/C12H15FO3/c1-12(2,11(14)15-3)8-16-10-7-5-4-6-9(10)13/h4-7H,8H2,1-3H3. The number of esters is 1. The second-order valence-electron chi connectivity index (χ2n) is 4.09. The van der Waals surface area contributed by atoms with Crippen LogP contribution in [0.15, 0.2) is 24.3 Å². The molecule has 4 heteroatoms. The number of hydrogen-bond donors (Lipinski definition) is 0. The molecule has 1 rings (SSSR count). The van der Waals surface area contributed by atoms with Gasteiger partial charge in [0.25, 0.3) is 0 Å². The molecule has 0 N–H and O–H groups in total. The van der Waals surface area contributed by atoms with Crippen molar-refractivity contribution in [3.63, 3.8) is 0 Å². The Morgan fingerprint density at radius 3 is 2.56 bits per heavy atom. The summed E-state index contributed by atoms with van der Waals surface area (Å²) in [5.74, 6) is -0.688. The highest BCUT2D eigenvalue weighted by Gasteiger charge is 2.30. The maximum atomic E-state index is 13.2. The summed E-state index contributed by atoms with van der Waals surface area (Å²) >= 11 is 0. The van der Waals surface area contributed by atoms with Crippen LogP contribution in [0.25, 0.3) is 0 Å². The van der Waals surface area contributed by atoms with E-state index in [-0.39, 0.29) is 18.3 Å². The van der Waals surface area contributed by atoms with Gasteiger partial charge < -0.3 is 9.47 Å². The number of ether oxygens (including phenoxy) is 2. The molecule has 0 heterocycles.